The maximum atomic E-state index is 6.73. The van der Waals surface area contributed by atoms with Gasteiger partial charge in [-0.3, -0.25) is 0 Å². The third-order valence-electron chi connectivity index (χ3n) is 12.2. The fourth-order valence-corrected chi connectivity index (χ4v) is 10.3. The minimum Gasteiger partial charge on any atom is -0.456 e. The van der Waals surface area contributed by atoms with E-state index in [1.54, 1.807) is 0 Å². The first-order chi connectivity index (χ1) is 31.7. The number of benzene rings is 10. The van der Waals surface area contributed by atoms with Crippen LogP contribution < -0.4 is 9.80 Å². The van der Waals surface area contributed by atoms with Crippen LogP contribution >= 0.6 is 11.3 Å². The average Bonchev–Trinajstić information content (AvgIpc) is 3.93. The normalized spacial score (nSPS) is 11.4. The molecule has 0 fully saturated rings. The van der Waals surface area contributed by atoms with Gasteiger partial charge in [-0.1, -0.05) is 140 Å². The Balaban J connectivity index is 1.00. The van der Waals surface area contributed by atoms with E-state index in [1.165, 1.54) is 25.7 Å². The van der Waals surface area contributed by atoms with E-state index in [0.717, 1.165) is 83.9 Å². The Labute approximate surface area is 376 Å². The maximum absolute atomic E-state index is 6.73. The second-order valence-corrected chi connectivity index (χ2v) is 17.2. The summed E-state index contributed by atoms with van der Waals surface area (Å²) in [5.74, 6) is 0. The van der Waals surface area contributed by atoms with Crippen LogP contribution in [-0.2, 0) is 0 Å². The summed E-state index contributed by atoms with van der Waals surface area (Å²) >= 11 is 1.84. The second kappa shape index (κ2) is 15.9. The SMILES string of the molecule is c1ccc(-c2ccc(-c3ccc4oc5cc(N(c6ccccc6)c6ccc7sc8ccccc8c7c6)ccc5c4c3)c(-c3ccccc3N(c3ccccc3)c3ccccc3)c2)cc1. The van der Waals surface area contributed by atoms with Gasteiger partial charge in [-0.05, 0) is 125 Å². The van der Waals surface area contributed by atoms with Crippen molar-refractivity contribution in [2.24, 2.45) is 0 Å². The van der Waals surface area contributed by atoms with Gasteiger partial charge in [0.25, 0.3) is 0 Å². The molecule has 12 aromatic rings. The lowest BCUT2D eigenvalue weighted by atomic mass is 9.89. The average molecular weight is 837 g/mol. The minimum absolute atomic E-state index is 0.846. The number of hydrogen-bond donors (Lipinski definition) is 0. The molecule has 4 heteroatoms. The van der Waals surface area contributed by atoms with Crippen molar-refractivity contribution in [1.29, 1.82) is 0 Å². The molecule has 0 bridgehead atoms. The van der Waals surface area contributed by atoms with Crippen molar-refractivity contribution < 1.29 is 4.42 Å². The van der Waals surface area contributed by atoms with Crippen LogP contribution in [0.1, 0.15) is 0 Å². The van der Waals surface area contributed by atoms with E-state index in [9.17, 15) is 0 Å². The van der Waals surface area contributed by atoms with Gasteiger partial charge in [-0.2, -0.15) is 0 Å². The number of nitrogens with zero attached hydrogens (tertiary/aromatic N) is 2. The van der Waals surface area contributed by atoms with E-state index in [1.807, 2.05) is 11.3 Å². The van der Waals surface area contributed by atoms with Crippen LogP contribution in [0.3, 0.4) is 0 Å². The first kappa shape index (κ1) is 37.6. The van der Waals surface area contributed by atoms with Crippen molar-refractivity contribution in [3.8, 4) is 33.4 Å². The molecule has 3 nitrogen and oxygen atoms in total. The zero-order chi connectivity index (χ0) is 42.4. The van der Waals surface area contributed by atoms with Crippen LogP contribution in [0.25, 0.3) is 75.5 Å². The topological polar surface area (TPSA) is 19.6 Å². The summed E-state index contributed by atoms with van der Waals surface area (Å²) in [6.07, 6.45) is 0. The lowest BCUT2D eigenvalue weighted by Gasteiger charge is -2.28. The largest absolute Gasteiger partial charge is 0.456 e. The summed E-state index contributed by atoms with van der Waals surface area (Å²) in [5, 5.41) is 4.71. The first-order valence-electron chi connectivity index (χ1n) is 21.7. The Morgan fingerprint density at radius 2 is 0.875 bits per heavy atom. The summed E-state index contributed by atoms with van der Waals surface area (Å²) in [6.45, 7) is 0. The van der Waals surface area contributed by atoms with Gasteiger partial charge >= 0.3 is 0 Å². The molecule has 0 N–H and O–H groups in total. The predicted molar refractivity (Wildman–Crippen MR) is 272 cm³/mol. The number of rotatable bonds is 9. The fraction of sp³-hybridized carbons (Fsp3) is 0. The van der Waals surface area contributed by atoms with Crippen LogP contribution in [0.5, 0.6) is 0 Å². The maximum Gasteiger partial charge on any atom is 0.137 e. The molecule has 12 rings (SSSR count). The van der Waals surface area contributed by atoms with Gasteiger partial charge in [-0.15, -0.1) is 11.3 Å². The van der Waals surface area contributed by atoms with Crippen LogP contribution in [0.2, 0.25) is 0 Å². The van der Waals surface area contributed by atoms with E-state index in [4.69, 9.17) is 4.42 Å². The Morgan fingerprint density at radius 3 is 1.62 bits per heavy atom. The summed E-state index contributed by atoms with van der Waals surface area (Å²) in [6, 6.07) is 87.0. The molecular formula is C60H40N2OS. The summed E-state index contributed by atoms with van der Waals surface area (Å²) in [4.78, 5) is 4.69. The molecule has 0 radical (unpaired) electrons. The van der Waals surface area contributed by atoms with Gasteiger partial charge in [0.05, 0.1) is 5.69 Å². The van der Waals surface area contributed by atoms with Gasteiger partial charge in [0.15, 0.2) is 0 Å². The molecule has 0 aliphatic rings. The van der Waals surface area contributed by atoms with Crippen molar-refractivity contribution in [1.82, 2.24) is 0 Å². The van der Waals surface area contributed by atoms with Crippen LogP contribution in [0.4, 0.5) is 34.1 Å². The van der Waals surface area contributed by atoms with Crippen molar-refractivity contribution in [2.75, 3.05) is 9.80 Å². The van der Waals surface area contributed by atoms with Gasteiger partial charge in [-0.25, -0.2) is 0 Å². The van der Waals surface area contributed by atoms with Crippen LogP contribution in [0, 0.1) is 0 Å². The summed E-state index contributed by atoms with van der Waals surface area (Å²) in [7, 11) is 0. The smallest absolute Gasteiger partial charge is 0.137 e. The highest BCUT2D eigenvalue weighted by molar-refractivity contribution is 7.25. The molecule has 2 heterocycles. The lowest BCUT2D eigenvalue weighted by Crippen LogP contribution is -2.11. The lowest BCUT2D eigenvalue weighted by molar-refractivity contribution is 0.669. The third kappa shape index (κ3) is 6.69. The van der Waals surface area contributed by atoms with E-state index >= 15 is 0 Å². The Bertz CT molecular complexity index is 3580. The molecular weight excluding hydrogens is 797 g/mol. The van der Waals surface area contributed by atoms with Crippen molar-refractivity contribution in [3.63, 3.8) is 0 Å². The summed E-state index contributed by atoms with van der Waals surface area (Å²) in [5.41, 5.74) is 15.1. The number of furan rings is 1. The van der Waals surface area contributed by atoms with Crippen molar-refractivity contribution in [3.05, 3.63) is 243 Å². The van der Waals surface area contributed by atoms with Crippen LogP contribution in [0.15, 0.2) is 247 Å². The quantitative estimate of drug-likeness (QED) is 0.144. The summed E-state index contributed by atoms with van der Waals surface area (Å²) < 4.78 is 9.31. The number of fused-ring (bicyclic) bond motifs is 6. The van der Waals surface area contributed by atoms with E-state index in [-0.39, 0.29) is 0 Å². The standard InChI is InChI=1S/C60H40N2OS/c1-5-17-41(18-6-1)42-29-33-49(53(37-42)50-25-13-15-27-56(50)62(45-21-9-3-10-22-45)46-23-11-4-12-24-46)43-30-35-57-54(38-43)51-34-31-48(40-58(51)63-57)61(44-19-7-2-8-20-44)47-32-36-60-55(39-47)52-26-14-16-28-59(52)64-60/h1-40H. The van der Waals surface area contributed by atoms with Gasteiger partial charge < -0.3 is 14.2 Å². The van der Waals surface area contributed by atoms with Gasteiger partial charge in [0, 0.05) is 71.0 Å². The van der Waals surface area contributed by atoms with Gasteiger partial charge in [0.1, 0.15) is 11.2 Å². The Kier molecular flexibility index (Phi) is 9.36. The molecule has 64 heavy (non-hydrogen) atoms. The Hall–Kier alpha value is -8.18. The monoisotopic (exact) mass is 836 g/mol. The molecule has 0 spiro atoms. The predicted octanol–water partition coefficient (Wildman–Crippen LogP) is 17.9. The first-order valence-corrected chi connectivity index (χ1v) is 22.5. The highest BCUT2D eigenvalue weighted by Gasteiger charge is 2.21. The number of anilines is 6. The molecule has 0 aliphatic heterocycles. The number of para-hydroxylation sites is 4. The molecule has 2 aromatic heterocycles. The number of thiophene rings is 1. The molecule has 10 aromatic carbocycles. The van der Waals surface area contributed by atoms with Crippen molar-refractivity contribution >= 4 is 87.6 Å². The molecule has 302 valence electrons. The zero-order valence-electron chi connectivity index (χ0n) is 34.8. The number of hydrogen-bond acceptors (Lipinski definition) is 4. The molecule has 0 unspecified atom stereocenters. The second-order valence-electron chi connectivity index (χ2n) is 16.1. The molecule has 0 amide bonds. The van der Waals surface area contributed by atoms with E-state index in [0.29, 0.717) is 0 Å². The minimum atomic E-state index is 0.846. The Morgan fingerprint density at radius 1 is 0.281 bits per heavy atom. The van der Waals surface area contributed by atoms with Crippen LogP contribution in [-0.4, -0.2) is 0 Å². The zero-order valence-corrected chi connectivity index (χ0v) is 35.6. The van der Waals surface area contributed by atoms with Crippen molar-refractivity contribution in [2.45, 2.75) is 0 Å². The highest BCUT2D eigenvalue weighted by atomic mass is 32.1. The third-order valence-corrected chi connectivity index (χ3v) is 13.4. The fourth-order valence-electron chi connectivity index (χ4n) is 9.26. The van der Waals surface area contributed by atoms with E-state index in [2.05, 4.69) is 252 Å². The van der Waals surface area contributed by atoms with Gasteiger partial charge in [0.2, 0.25) is 0 Å². The van der Waals surface area contributed by atoms with E-state index < -0.39 is 0 Å². The molecule has 0 atom stereocenters. The molecule has 0 aliphatic carbocycles. The highest BCUT2D eigenvalue weighted by Crippen LogP contribution is 2.47. The molecule has 0 saturated carbocycles. The molecule has 0 saturated heterocycles.